The van der Waals surface area contributed by atoms with Gasteiger partial charge in [0, 0.05) is 17.8 Å². The lowest BCUT2D eigenvalue weighted by Gasteiger charge is -2.21. The molecule has 3 rings (SSSR count). The number of halogens is 1. The molecule has 0 saturated heterocycles. The fourth-order valence-corrected chi connectivity index (χ4v) is 2.55. The van der Waals surface area contributed by atoms with Crippen LogP contribution in [0.15, 0.2) is 30.6 Å². The molecule has 19 heavy (non-hydrogen) atoms. The standard InChI is InChI=1S/C14H13FN2O2/c15-11-4-2-1-3-10(11)13-12-6-5-9(14(18)19)7-17(12)8-16-13/h1-4,8-9H,5-7H2,(H,18,19). The van der Waals surface area contributed by atoms with Crippen LogP contribution in [0.25, 0.3) is 11.3 Å². The Morgan fingerprint density at radius 3 is 2.95 bits per heavy atom. The Morgan fingerprint density at radius 2 is 2.21 bits per heavy atom. The van der Waals surface area contributed by atoms with Crippen LogP contribution in [0.5, 0.6) is 0 Å². The summed E-state index contributed by atoms with van der Waals surface area (Å²) in [7, 11) is 0. The van der Waals surface area contributed by atoms with Crippen molar-refractivity contribution < 1.29 is 14.3 Å². The molecule has 0 bridgehead atoms. The number of carboxylic acid groups (broad SMARTS) is 1. The number of imidazole rings is 1. The molecule has 1 aromatic heterocycles. The number of carbonyl (C=O) groups is 1. The fraction of sp³-hybridized carbons (Fsp3) is 0.286. The van der Waals surface area contributed by atoms with Crippen LogP contribution in [-0.2, 0) is 17.8 Å². The summed E-state index contributed by atoms with van der Waals surface area (Å²) >= 11 is 0. The summed E-state index contributed by atoms with van der Waals surface area (Å²) < 4.78 is 15.6. The number of nitrogens with zero attached hydrogens (tertiary/aromatic N) is 2. The topological polar surface area (TPSA) is 55.1 Å². The quantitative estimate of drug-likeness (QED) is 0.901. The molecule has 5 heteroatoms. The van der Waals surface area contributed by atoms with Crippen molar-refractivity contribution in [2.45, 2.75) is 19.4 Å². The molecule has 1 aromatic carbocycles. The SMILES string of the molecule is O=C(O)C1CCc2c(-c3ccccc3F)ncn2C1. The zero-order chi connectivity index (χ0) is 13.4. The Bertz CT molecular complexity index is 636. The van der Waals surface area contributed by atoms with Gasteiger partial charge < -0.3 is 9.67 Å². The third kappa shape index (κ3) is 2.01. The van der Waals surface area contributed by atoms with Gasteiger partial charge in [-0.3, -0.25) is 4.79 Å². The molecule has 4 nitrogen and oxygen atoms in total. The number of fused-ring (bicyclic) bond motifs is 1. The number of carboxylic acids is 1. The average Bonchev–Trinajstić information content (AvgIpc) is 2.82. The zero-order valence-electron chi connectivity index (χ0n) is 10.2. The van der Waals surface area contributed by atoms with Crippen LogP contribution < -0.4 is 0 Å². The van der Waals surface area contributed by atoms with Gasteiger partial charge in [-0.1, -0.05) is 12.1 Å². The molecule has 0 spiro atoms. The van der Waals surface area contributed by atoms with Crippen molar-refractivity contribution in [1.29, 1.82) is 0 Å². The molecule has 1 N–H and O–H groups in total. The predicted octanol–water partition coefficient (Wildman–Crippen LogP) is 2.34. The third-order valence-electron chi connectivity index (χ3n) is 3.57. The van der Waals surface area contributed by atoms with Gasteiger partial charge in [0.05, 0.1) is 17.9 Å². The first kappa shape index (κ1) is 11.9. The zero-order valence-corrected chi connectivity index (χ0v) is 10.2. The maximum Gasteiger partial charge on any atom is 0.308 e. The molecule has 2 heterocycles. The lowest BCUT2D eigenvalue weighted by Crippen LogP contribution is -2.26. The highest BCUT2D eigenvalue weighted by molar-refractivity contribution is 5.70. The molecule has 1 unspecified atom stereocenters. The second-order valence-corrected chi connectivity index (χ2v) is 4.75. The van der Waals surface area contributed by atoms with Crippen molar-refractivity contribution in [2.24, 2.45) is 5.92 Å². The number of hydrogen-bond acceptors (Lipinski definition) is 2. The normalized spacial score (nSPS) is 18.1. The summed E-state index contributed by atoms with van der Waals surface area (Å²) in [4.78, 5) is 15.3. The first-order valence-corrected chi connectivity index (χ1v) is 6.18. The van der Waals surface area contributed by atoms with E-state index in [2.05, 4.69) is 4.98 Å². The van der Waals surface area contributed by atoms with Gasteiger partial charge in [-0.25, -0.2) is 9.37 Å². The highest BCUT2D eigenvalue weighted by Gasteiger charge is 2.27. The van der Waals surface area contributed by atoms with Crippen molar-refractivity contribution >= 4 is 5.97 Å². The number of hydrogen-bond donors (Lipinski definition) is 1. The molecule has 1 aliphatic heterocycles. The minimum atomic E-state index is -0.785. The summed E-state index contributed by atoms with van der Waals surface area (Å²) in [6.45, 7) is 0.409. The second kappa shape index (κ2) is 4.50. The van der Waals surface area contributed by atoms with Gasteiger partial charge in [-0.05, 0) is 25.0 Å². The summed E-state index contributed by atoms with van der Waals surface area (Å²) in [5.74, 6) is -1.47. The van der Waals surface area contributed by atoms with Crippen molar-refractivity contribution in [3.8, 4) is 11.3 Å². The van der Waals surface area contributed by atoms with E-state index in [1.807, 2.05) is 4.57 Å². The van der Waals surface area contributed by atoms with Crippen molar-refractivity contribution in [2.75, 3.05) is 0 Å². The first-order chi connectivity index (χ1) is 9.16. The molecule has 0 fully saturated rings. The summed E-state index contributed by atoms with van der Waals surface area (Å²) in [5.41, 5.74) is 2.02. The Balaban J connectivity index is 2.00. The van der Waals surface area contributed by atoms with E-state index < -0.39 is 5.97 Å². The Morgan fingerprint density at radius 1 is 1.42 bits per heavy atom. The van der Waals surface area contributed by atoms with Crippen molar-refractivity contribution in [3.63, 3.8) is 0 Å². The largest absolute Gasteiger partial charge is 0.481 e. The minimum absolute atomic E-state index is 0.302. The molecule has 0 radical (unpaired) electrons. The van der Waals surface area contributed by atoms with E-state index in [0.717, 1.165) is 5.69 Å². The van der Waals surface area contributed by atoms with Crippen LogP contribution in [-0.4, -0.2) is 20.6 Å². The summed E-state index contributed by atoms with van der Waals surface area (Å²) in [6, 6.07) is 6.51. The lowest BCUT2D eigenvalue weighted by atomic mass is 9.96. The van der Waals surface area contributed by atoms with Crippen LogP contribution in [0.4, 0.5) is 4.39 Å². The van der Waals surface area contributed by atoms with Gasteiger partial charge in [0.25, 0.3) is 0 Å². The van der Waals surface area contributed by atoms with Crippen molar-refractivity contribution in [3.05, 3.63) is 42.1 Å². The van der Waals surface area contributed by atoms with Crippen molar-refractivity contribution in [1.82, 2.24) is 9.55 Å². The molecule has 1 aliphatic rings. The van der Waals surface area contributed by atoms with Crippen LogP contribution in [0.2, 0.25) is 0 Å². The summed E-state index contributed by atoms with van der Waals surface area (Å²) in [5, 5.41) is 9.04. The van der Waals surface area contributed by atoms with Crippen LogP contribution in [0, 0.1) is 11.7 Å². The molecule has 0 aliphatic carbocycles. The Labute approximate surface area is 109 Å². The number of aliphatic carboxylic acids is 1. The van der Waals surface area contributed by atoms with Crippen LogP contribution >= 0.6 is 0 Å². The van der Waals surface area contributed by atoms with Crippen LogP contribution in [0.3, 0.4) is 0 Å². The second-order valence-electron chi connectivity index (χ2n) is 4.75. The summed E-state index contributed by atoms with van der Waals surface area (Å²) in [6.07, 6.45) is 2.79. The molecule has 0 amide bonds. The third-order valence-corrected chi connectivity index (χ3v) is 3.57. The van der Waals surface area contributed by atoms with E-state index in [4.69, 9.17) is 5.11 Å². The maximum atomic E-state index is 13.8. The minimum Gasteiger partial charge on any atom is -0.481 e. The van der Waals surface area contributed by atoms with Gasteiger partial charge in [0.2, 0.25) is 0 Å². The average molecular weight is 260 g/mol. The lowest BCUT2D eigenvalue weighted by molar-refractivity contribution is -0.142. The highest BCUT2D eigenvalue weighted by atomic mass is 19.1. The van der Waals surface area contributed by atoms with Crippen LogP contribution in [0.1, 0.15) is 12.1 Å². The van der Waals surface area contributed by atoms with E-state index in [-0.39, 0.29) is 11.7 Å². The van der Waals surface area contributed by atoms with Gasteiger partial charge in [-0.15, -0.1) is 0 Å². The number of rotatable bonds is 2. The highest BCUT2D eigenvalue weighted by Crippen LogP contribution is 2.30. The fourth-order valence-electron chi connectivity index (χ4n) is 2.55. The van der Waals surface area contributed by atoms with E-state index in [9.17, 15) is 9.18 Å². The number of aromatic nitrogens is 2. The van der Waals surface area contributed by atoms with Gasteiger partial charge in [0.1, 0.15) is 5.82 Å². The van der Waals surface area contributed by atoms with E-state index in [1.54, 1.807) is 24.5 Å². The molecule has 98 valence electrons. The van der Waals surface area contributed by atoms with Gasteiger partial charge >= 0.3 is 5.97 Å². The van der Waals surface area contributed by atoms with E-state index in [0.29, 0.717) is 30.6 Å². The Kier molecular flexibility index (Phi) is 2.81. The first-order valence-electron chi connectivity index (χ1n) is 6.18. The number of benzene rings is 1. The van der Waals surface area contributed by atoms with Gasteiger partial charge in [0.15, 0.2) is 0 Å². The molecular formula is C14H13FN2O2. The monoisotopic (exact) mass is 260 g/mol. The molecular weight excluding hydrogens is 247 g/mol. The van der Waals surface area contributed by atoms with Gasteiger partial charge in [-0.2, -0.15) is 0 Å². The smallest absolute Gasteiger partial charge is 0.308 e. The molecule has 1 atom stereocenters. The maximum absolute atomic E-state index is 13.8. The van der Waals surface area contributed by atoms with E-state index >= 15 is 0 Å². The molecule has 2 aromatic rings. The van der Waals surface area contributed by atoms with E-state index in [1.165, 1.54) is 6.07 Å². The molecule has 0 saturated carbocycles. The Hall–Kier alpha value is -2.17. The predicted molar refractivity (Wildman–Crippen MR) is 67.1 cm³/mol.